The van der Waals surface area contributed by atoms with Crippen molar-refractivity contribution in [3.8, 4) is 0 Å². The number of rotatable bonds is 3. The molecule has 1 aromatic rings. The number of allylic oxidation sites excluding steroid dienone is 2. The molecule has 0 saturated carbocycles. The van der Waals surface area contributed by atoms with Crippen LogP contribution in [0.1, 0.15) is 36.5 Å². The molecule has 1 fully saturated rings. The SMILES string of the molecule is CC1=CC(CNC(=O)c2ccc(Cl)c(Cl)c2)=CC2(CCNCC2)C1. The smallest absolute Gasteiger partial charge is 0.251 e. The molecule has 5 heteroatoms. The first-order chi connectivity index (χ1) is 11.5. The highest BCUT2D eigenvalue weighted by molar-refractivity contribution is 6.42. The van der Waals surface area contributed by atoms with Gasteiger partial charge in [0.25, 0.3) is 5.91 Å². The molecule has 1 spiro atoms. The number of carbonyl (C=O) groups is 1. The molecule has 0 radical (unpaired) electrons. The number of benzene rings is 1. The molecule has 3 rings (SSSR count). The van der Waals surface area contributed by atoms with Gasteiger partial charge >= 0.3 is 0 Å². The third-order valence-electron chi connectivity index (χ3n) is 4.79. The number of nitrogens with one attached hydrogen (secondary N) is 2. The van der Waals surface area contributed by atoms with E-state index in [1.165, 1.54) is 11.1 Å². The zero-order valence-corrected chi connectivity index (χ0v) is 15.3. The minimum atomic E-state index is -0.134. The highest BCUT2D eigenvalue weighted by Gasteiger charge is 2.32. The molecule has 1 amide bonds. The maximum absolute atomic E-state index is 12.3. The quantitative estimate of drug-likeness (QED) is 0.835. The summed E-state index contributed by atoms with van der Waals surface area (Å²) in [4.78, 5) is 12.3. The minimum Gasteiger partial charge on any atom is -0.348 e. The Hall–Kier alpha value is -1.29. The van der Waals surface area contributed by atoms with Crippen LogP contribution < -0.4 is 10.6 Å². The van der Waals surface area contributed by atoms with E-state index in [0.717, 1.165) is 32.4 Å². The number of carbonyl (C=O) groups excluding carboxylic acids is 1. The average Bonchev–Trinajstić information content (AvgIpc) is 2.55. The Morgan fingerprint density at radius 3 is 2.71 bits per heavy atom. The van der Waals surface area contributed by atoms with E-state index in [-0.39, 0.29) is 11.3 Å². The molecule has 2 N–H and O–H groups in total. The monoisotopic (exact) mass is 364 g/mol. The predicted molar refractivity (Wildman–Crippen MR) is 99.8 cm³/mol. The van der Waals surface area contributed by atoms with Crippen molar-refractivity contribution in [2.75, 3.05) is 19.6 Å². The molecule has 0 atom stereocenters. The minimum absolute atomic E-state index is 0.134. The first kappa shape index (κ1) is 17.5. The molecule has 0 aromatic heterocycles. The first-order valence-electron chi connectivity index (χ1n) is 8.30. The van der Waals surface area contributed by atoms with E-state index in [0.29, 0.717) is 22.2 Å². The van der Waals surface area contributed by atoms with Crippen LogP contribution >= 0.6 is 23.2 Å². The van der Waals surface area contributed by atoms with E-state index in [2.05, 4.69) is 29.7 Å². The standard InChI is InChI=1S/C19H22Cl2N2O/c1-13-8-14(11-19(10-13)4-6-22-7-5-19)12-23-18(24)15-2-3-16(20)17(21)9-15/h2-3,8-9,11,22H,4-7,10,12H2,1H3,(H,23,24). The van der Waals surface area contributed by atoms with Crippen LogP contribution in [0.3, 0.4) is 0 Å². The van der Waals surface area contributed by atoms with Crippen molar-refractivity contribution in [1.29, 1.82) is 0 Å². The van der Waals surface area contributed by atoms with Gasteiger partial charge in [-0.25, -0.2) is 0 Å². The Bertz CT molecular complexity index is 703. The molecule has 1 aliphatic heterocycles. The van der Waals surface area contributed by atoms with Crippen molar-refractivity contribution in [2.45, 2.75) is 26.2 Å². The zero-order chi connectivity index (χ0) is 17.2. The Labute approximate surface area is 153 Å². The fraction of sp³-hybridized carbons (Fsp3) is 0.421. The first-order valence-corrected chi connectivity index (χ1v) is 9.06. The van der Waals surface area contributed by atoms with Crippen molar-refractivity contribution in [3.63, 3.8) is 0 Å². The van der Waals surface area contributed by atoms with E-state index in [9.17, 15) is 4.79 Å². The van der Waals surface area contributed by atoms with Gasteiger partial charge in [0.15, 0.2) is 0 Å². The Morgan fingerprint density at radius 1 is 1.25 bits per heavy atom. The van der Waals surface area contributed by atoms with Gasteiger partial charge in [0, 0.05) is 12.1 Å². The maximum Gasteiger partial charge on any atom is 0.251 e. The van der Waals surface area contributed by atoms with Crippen LogP contribution in [0.15, 0.2) is 41.5 Å². The van der Waals surface area contributed by atoms with Crippen LogP contribution in [0.25, 0.3) is 0 Å². The van der Waals surface area contributed by atoms with E-state index >= 15 is 0 Å². The lowest BCUT2D eigenvalue weighted by atomic mass is 9.70. The summed E-state index contributed by atoms with van der Waals surface area (Å²) in [6.45, 7) is 4.84. The lowest BCUT2D eigenvalue weighted by Gasteiger charge is -2.38. The number of halogens is 2. The highest BCUT2D eigenvalue weighted by Crippen LogP contribution is 2.41. The number of amides is 1. The van der Waals surface area contributed by atoms with E-state index in [1.54, 1.807) is 18.2 Å². The van der Waals surface area contributed by atoms with Crippen molar-refractivity contribution in [2.24, 2.45) is 5.41 Å². The fourth-order valence-electron chi connectivity index (χ4n) is 3.68. The molecule has 1 heterocycles. The van der Waals surface area contributed by atoms with Gasteiger partial charge < -0.3 is 10.6 Å². The van der Waals surface area contributed by atoms with Gasteiger partial charge in [-0.1, -0.05) is 40.9 Å². The van der Waals surface area contributed by atoms with Crippen LogP contribution in [0.2, 0.25) is 10.0 Å². The topological polar surface area (TPSA) is 41.1 Å². The highest BCUT2D eigenvalue weighted by atomic mass is 35.5. The fourth-order valence-corrected chi connectivity index (χ4v) is 3.98. The second-order valence-corrected chi connectivity index (χ2v) is 7.63. The molecular weight excluding hydrogens is 343 g/mol. The van der Waals surface area contributed by atoms with Crippen molar-refractivity contribution in [1.82, 2.24) is 10.6 Å². The molecule has 3 nitrogen and oxygen atoms in total. The van der Waals surface area contributed by atoms with Crippen LogP contribution in [0.4, 0.5) is 0 Å². The molecule has 128 valence electrons. The lowest BCUT2D eigenvalue weighted by Crippen LogP contribution is -2.37. The van der Waals surface area contributed by atoms with Gasteiger partial charge in [0.1, 0.15) is 0 Å². The molecule has 0 unspecified atom stereocenters. The summed E-state index contributed by atoms with van der Waals surface area (Å²) in [5.41, 5.74) is 3.36. The van der Waals surface area contributed by atoms with Gasteiger partial charge in [-0.3, -0.25) is 4.79 Å². The number of piperidine rings is 1. The van der Waals surface area contributed by atoms with Crippen LogP contribution in [0, 0.1) is 5.41 Å². The summed E-state index contributed by atoms with van der Waals surface area (Å²) in [7, 11) is 0. The Kier molecular flexibility index (Phi) is 5.33. The van der Waals surface area contributed by atoms with Crippen molar-refractivity contribution in [3.05, 3.63) is 57.1 Å². The molecule has 1 aliphatic carbocycles. The van der Waals surface area contributed by atoms with Crippen molar-refractivity contribution < 1.29 is 4.79 Å². The molecule has 0 bridgehead atoms. The molecular formula is C19H22Cl2N2O. The van der Waals surface area contributed by atoms with E-state index in [1.807, 2.05) is 0 Å². The van der Waals surface area contributed by atoms with Gasteiger partial charge in [0.2, 0.25) is 0 Å². The van der Waals surface area contributed by atoms with Gasteiger partial charge in [-0.15, -0.1) is 0 Å². The summed E-state index contributed by atoms with van der Waals surface area (Å²) < 4.78 is 0. The number of hydrogen-bond donors (Lipinski definition) is 2. The van der Waals surface area contributed by atoms with Gasteiger partial charge in [-0.2, -0.15) is 0 Å². The summed E-state index contributed by atoms with van der Waals surface area (Å²) in [6, 6.07) is 4.94. The van der Waals surface area contributed by atoms with Crippen molar-refractivity contribution >= 4 is 29.1 Å². The normalized spacial score (nSPS) is 19.6. The van der Waals surface area contributed by atoms with E-state index < -0.39 is 0 Å². The van der Waals surface area contributed by atoms with Gasteiger partial charge in [0.05, 0.1) is 10.0 Å². The second kappa shape index (κ2) is 7.30. The summed E-state index contributed by atoms with van der Waals surface area (Å²) in [6.07, 6.45) is 8.00. The Balaban J connectivity index is 1.68. The van der Waals surface area contributed by atoms with E-state index in [4.69, 9.17) is 23.2 Å². The largest absolute Gasteiger partial charge is 0.348 e. The lowest BCUT2D eigenvalue weighted by molar-refractivity contribution is 0.0957. The number of hydrogen-bond acceptors (Lipinski definition) is 2. The van der Waals surface area contributed by atoms with Crippen LogP contribution in [0.5, 0.6) is 0 Å². The van der Waals surface area contributed by atoms with Crippen LogP contribution in [-0.2, 0) is 0 Å². The van der Waals surface area contributed by atoms with Gasteiger partial charge in [-0.05, 0) is 68.5 Å². The third kappa shape index (κ3) is 4.02. The molecule has 1 aromatic carbocycles. The Morgan fingerprint density at radius 2 is 2.00 bits per heavy atom. The summed E-state index contributed by atoms with van der Waals surface area (Å²) in [5, 5.41) is 7.26. The van der Waals surface area contributed by atoms with Crippen LogP contribution in [-0.4, -0.2) is 25.5 Å². The third-order valence-corrected chi connectivity index (χ3v) is 5.53. The summed E-state index contributed by atoms with van der Waals surface area (Å²) >= 11 is 11.9. The zero-order valence-electron chi connectivity index (χ0n) is 13.8. The molecule has 24 heavy (non-hydrogen) atoms. The summed E-state index contributed by atoms with van der Waals surface area (Å²) in [5.74, 6) is -0.134. The molecule has 2 aliphatic rings. The maximum atomic E-state index is 12.3. The molecule has 1 saturated heterocycles. The predicted octanol–water partition coefficient (Wildman–Crippen LogP) is 4.37. The average molecular weight is 365 g/mol. The second-order valence-electron chi connectivity index (χ2n) is 6.81.